The van der Waals surface area contributed by atoms with Crippen LogP contribution in [0.3, 0.4) is 0 Å². The third-order valence-corrected chi connectivity index (χ3v) is 5.19. The monoisotopic (exact) mass is 415 g/mol. The summed E-state index contributed by atoms with van der Waals surface area (Å²) in [6.45, 7) is 4.21. The summed E-state index contributed by atoms with van der Waals surface area (Å²) in [4.78, 5) is 22.9. The second kappa shape index (κ2) is 8.82. The van der Waals surface area contributed by atoms with Crippen LogP contribution in [0.25, 0.3) is 11.4 Å². The summed E-state index contributed by atoms with van der Waals surface area (Å²) >= 11 is 1.22. The van der Waals surface area contributed by atoms with Crippen molar-refractivity contribution in [3.05, 3.63) is 64.5 Å². The van der Waals surface area contributed by atoms with Crippen LogP contribution in [0, 0.1) is 15.9 Å². The van der Waals surface area contributed by atoms with Gasteiger partial charge in [0, 0.05) is 29.9 Å². The lowest BCUT2D eigenvalue weighted by Gasteiger charge is -2.13. The van der Waals surface area contributed by atoms with Crippen molar-refractivity contribution in [3.63, 3.8) is 0 Å². The Morgan fingerprint density at radius 3 is 2.66 bits per heavy atom. The molecular weight excluding hydrogens is 397 g/mol. The van der Waals surface area contributed by atoms with Crippen LogP contribution in [0.15, 0.2) is 53.7 Å². The summed E-state index contributed by atoms with van der Waals surface area (Å²) in [6, 6.07) is 11.7. The number of nitrogens with one attached hydrogen (secondary N) is 1. The zero-order chi connectivity index (χ0) is 21.0. The normalized spacial score (nSPS) is 11.8. The van der Waals surface area contributed by atoms with Gasteiger partial charge < -0.3 is 9.88 Å². The van der Waals surface area contributed by atoms with E-state index in [2.05, 4.69) is 15.5 Å². The van der Waals surface area contributed by atoms with Gasteiger partial charge >= 0.3 is 0 Å². The van der Waals surface area contributed by atoms with Crippen LogP contribution in [0.2, 0.25) is 0 Å². The Labute approximate surface area is 170 Å². The molecule has 1 heterocycles. The van der Waals surface area contributed by atoms with Gasteiger partial charge in [-0.1, -0.05) is 17.8 Å². The fourth-order valence-corrected chi connectivity index (χ4v) is 3.54. The molecule has 150 valence electrons. The van der Waals surface area contributed by atoms with E-state index in [1.807, 2.05) is 11.5 Å². The molecule has 3 aromatic rings. The lowest BCUT2D eigenvalue weighted by Crippen LogP contribution is -2.23. The average molecular weight is 415 g/mol. The number of hydrogen-bond donors (Lipinski definition) is 1. The number of nitrogens with zero attached hydrogens (tertiary/aromatic N) is 4. The Morgan fingerprint density at radius 1 is 1.28 bits per heavy atom. The van der Waals surface area contributed by atoms with Crippen LogP contribution >= 0.6 is 11.8 Å². The van der Waals surface area contributed by atoms with Gasteiger partial charge in [0.05, 0.1) is 10.2 Å². The molecule has 0 spiro atoms. The smallest absolute Gasteiger partial charge is 0.271 e. The first kappa shape index (κ1) is 20.5. The van der Waals surface area contributed by atoms with Crippen molar-refractivity contribution in [2.45, 2.75) is 30.8 Å². The number of amides is 1. The average Bonchev–Trinajstić information content (AvgIpc) is 3.11. The molecule has 1 amide bonds. The zero-order valence-corrected chi connectivity index (χ0v) is 16.5. The molecular formula is C19H18FN5O3S. The van der Waals surface area contributed by atoms with E-state index in [1.165, 1.54) is 42.1 Å². The van der Waals surface area contributed by atoms with E-state index >= 15 is 0 Å². The van der Waals surface area contributed by atoms with E-state index in [0.29, 0.717) is 23.2 Å². The molecule has 3 rings (SSSR count). The third kappa shape index (κ3) is 4.77. The van der Waals surface area contributed by atoms with Crippen molar-refractivity contribution in [2.24, 2.45) is 0 Å². The van der Waals surface area contributed by atoms with Gasteiger partial charge in [0.1, 0.15) is 5.82 Å². The summed E-state index contributed by atoms with van der Waals surface area (Å²) in [5.41, 5.74) is 0.972. The first-order valence-corrected chi connectivity index (χ1v) is 9.68. The zero-order valence-electron chi connectivity index (χ0n) is 15.7. The summed E-state index contributed by atoms with van der Waals surface area (Å²) in [5.74, 6) is -0.0665. The lowest BCUT2D eigenvalue weighted by molar-refractivity contribution is -0.384. The van der Waals surface area contributed by atoms with Gasteiger partial charge in [-0.25, -0.2) is 4.39 Å². The van der Waals surface area contributed by atoms with Crippen LogP contribution < -0.4 is 5.32 Å². The molecule has 29 heavy (non-hydrogen) atoms. The number of rotatable bonds is 7. The SMILES string of the molecule is CCn1c(SC(C)C(=O)Nc2cccc([N+](=O)[O-])c2)nnc1-c1ccc(F)cc1. The molecule has 0 saturated heterocycles. The maximum Gasteiger partial charge on any atom is 0.271 e. The standard InChI is InChI=1S/C19H18FN5O3S/c1-3-24-17(13-7-9-14(20)10-8-13)22-23-19(24)29-12(2)18(26)21-15-5-4-6-16(11-15)25(27)28/h4-12H,3H2,1-2H3,(H,21,26). The van der Waals surface area contributed by atoms with Crippen LogP contribution in [0.1, 0.15) is 13.8 Å². The van der Waals surface area contributed by atoms with Gasteiger partial charge in [-0.15, -0.1) is 10.2 Å². The number of halogens is 1. The summed E-state index contributed by atoms with van der Waals surface area (Å²) in [5, 5.41) is 21.9. The van der Waals surface area contributed by atoms with Crippen molar-refractivity contribution in [2.75, 3.05) is 5.32 Å². The molecule has 8 nitrogen and oxygen atoms in total. The number of anilines is 1. The van der Waals surface area contributed by atoms with E-state index in [9.17, 15) is 19.3 Å². The Kier molecular flexibility index (Phi) is 6.23. The van der Waals surface area contributed by atoms with E-state index in [4.69, 9.17) is 0 Å². The molecule has 0 aliphatic rings. The first-order chi connectivity index (χ1) is 13.9. The number of hydrogen-bond acceptors (Lipinski definition) is 6. The number of aromatic nitrogens is 3. The number of carbonyl (C=O) groups is 1. The molecule has 1 N–H and O–H groups in total. The van der Waals surface area contributed by atoms with Crippen LogP contribution in [-0.4, -0.2) is 30.8 Å². The molecule has 0 saturated carbocycles. The molecule has 0 aliphatic carbocycles. The highest BCUT2D eigenvalue weighted by Crippen LogP contribution is 2.28. The summed E-state index contributed by atoms with van der Waals surface area (Å²) in [7, 11) is 0. The molecule has 2 aromatic carbocycles. The molecule has 1 aromatic heterocycles. The fraction of sp³-hybridized carbons (Fsp3) is 0.211. The number of carbonyl (C=O) groups excluding carboxylic acids is 1. The minimum atomic E-state index is -0.523. The third-order valence-electron chi connectivity index (χ3n) is 4.11. The van der Waals surface area contributed by atoms with Crippen molar-refractivity contribution in [3.8, 4) is 11.4 Å². The maximum atomic E-state index is 13.2. The van der Waals surface area contributed by atoms with Gasteiger partial charge in [0.15, 0.2) is 11.0 Å². The molecule has 10 heteroatoms. The molecule has 0 radical (unpaired) electrons. The predicted octanol–water partition coefficient (Wildman–Crippen LogP) is 4.13. The van der Waals surface area contributed by atoms with Gasteiger partial charge in [-0.05, 0) is 44.2 Å². The number of benzene rings is 2. The van der Waals surface area contributed by atoms with Crippen molar-refractivity contribution in [1.82, 2.24) is 14.8 Å². The minimum absolute atomic E-state index is 0.0993. The van der Waals surface area contributed by atoms with E-state index in [1.54, 1.807) is 25.1 Å². The largest absolute Gasteiger partial charge is 0.325 e. The first-order valence-electron chi connectivity index (χ1n) is 8.80. The van der Waals surface area contributed by atoms with Crippen molar-refractivity contribution in [1.29, 1.82) is 0 Å². The highest BCUT2D eigenvalue weighted by molar-refractivity contribution is 8.00. The topological polar surface area (TPSA) is 103 Å². The lowest BCUT2D eigenvalue weighted by atomic mass is 10.2. The maximum absolute atomic E-state index is 13.2. The van der Waals surface area contributed by atoms with Gasteiger partial charge in [-0.3, -0.25) is 14.9 Å². The molecule has 0 aliphatic heterocycles. The number of non-ortho nitro benzene ring substituents is 1. The second-order valence-electron chi connectivity index (χ2n) is 6.11. The molecule has 1 atom stereocenters. The van der Waals surface area contributed by atoms with Crippen molar-refractivity contribution >= 4 is 29.0 Å². The van der Waals surface area contributed by atoms with E-state index in [-0.39, 0.29) is 17.4 Å². The fourth-order valence-electron chi connectivity index (χ4n) is 2.63. The highest BCUT2D eigenvalue weighted by atomic mass is 32.2. The van der Waals surface area contributed by atoms with Gasteiger partial charge in [0.25, 0.3) is 5.69 Å². The number of nitro benzene ring substituents is 1. The Hall–Kier alpha value is -3.27. The Balaban J connectivity index is 1.74. The van der Waals surface area contributed by atoms with Crippen molar-refractivity contribution < 1.29 is 14.1 Å². The number of thioether (sulfide) groups is 1. The Morgan fingerprint density at radius 2 is 2.00 bits per heavy atom. The van der Waals surface area contributed by atoms with Crippen LogP contribution in [0.4, 0.5) is 15.8 Å². The number of nitro groups is 1. The second-order valence-corrected chi connectivity index (χ2v) is 7.42. The van der Waals surface area contributed by atoms with Gasteiger partial charge in [-0.2, -0.15) is 0 Å². The molecule has 0 fully saturated rings. The highest BCUT2D eigenvalue weighted by Gasteiger charge is 2.21. The summed E-state index contributed by atoms with van der Waals surface area (Å²) in [6.07, 6.45) is 0. The van der Waals surface area contributed by atoms with Gasteiger partial charge in [0.2, 0.25) is 5.91 Å². The van der Waals surface area contributed by atoms with E-state index < -0.39 is 10.2 Å². The summed E-state index contributed by atoms with van der Waals surface area (Å²) < 4.78 is 15.0. The quantitative estimate of drug-likeness (QED) is 0.354. The predicted molar refractivity (Wildman–Crippen MR) is 108 cm³/mol. The molecule has 1 unspecified atom stereocenters. The van der Waals surface area contributed by atoms with Crippen LogP contribution in [-0.2, 0) is 11.3 Å². The van der Waals surface area contributed by atoms with Crippen LogP contribution in [0.5, 0.6) is 0 Å². The molecule has 0 bridgehead atoms. The minimum Gasteiger partial charge on any atom is -0.325 e. The Bertz CT molecular complexity index is 1040. The van der Waals surface area contributed by atoms with E-state index in [0.717, 1.165) is 5.56 Å².